The first kappa shape index (κ1) is 18.4. The fraction of sp³-hybridized carbons (Fsp3) is 0.333. The molecule has 3 rings (SSSR count). The SMILES string of the molecule is N#Cc1ccc(OC2CCC(NC(=O)C3=CC=C(Cl)NN3)CC2)cc1Cl. The largest absolute Gasteiger partial charge is 0.490 e. The Hall–Kier alpha value is -2.36. The average Bonchev–Trinajstić information content (AvgIpc) is 2.64. The molecule has 0 aromatic heterocycles. The third-order valence-electron chi connectivity index (χ3n) is 4.33. The highest BCUT2D eigenvalue weighted by molar-refractivity contribution is 6.31. The molecule has 0 atom stereocenters. The summed E-state index contributed by atoms with van der Waals surface area (Å²) in [6.07, 6.45) is 6.66. The topological polar surface area (TPSA) is 86.2 Å². The summed E-state index contributed by atoms with van der Waals surface area (Å²) in [7, 11) is 0. The summed E-state index contributed by atoms with van der Waals surface area (Å²) in [5, 5.41) is 12.7. The van der Waals surface area contributed by atoms with E-state index in [1.807, 2.05) is 6.07 Å². The number of benzene rings is 1. The normalized spacial score (nSPS) is 22.0. The Kier molecular flexibility index (Phi) is 5.92. The van der Waals surface area contributed by atoms with Gasteiger partial charge in [0.25, 0.3) is 5.91 Å². The Morgan fingerprint density at radius 2 is 1.96 bits per heavy atom. The summed E-state index contributed by atoms with van der Waals surface area (Å²) in [5.74, 6) is 0.494. The van der Waals surface area contributed by atoms with Crippen LogP contribution in [0, 0.1) is 11.3 Å². The fourth-order valence-electron chi connectivity index (χ4n) is 2.94. The molecule has 6 nitrogen and oxygen atoms in total. The van der Waals surface area contributed by atoms with E-state index in [0.717, 1.165) is 25.7 Å². The number of nitrogens with one attached hydrogen (secondary N) is 3. The molecular weight excluding hydrogens is 375 g/mol. The van der Waals surface area contributed by atoms with Gasteiger partial charge in [0.2, 0.25) is 0 Å². The predicted octanol–water partition coefficient (Wildman–Crippen LogP) is 3.09. The van der Waals surface area contributed by atoms with E-state index in [9.17, 15) is 4.79 Å². The van der Waals surface area contributed by atoms with E-state index < -0.39 is 0 Å². The molecule has 0 bridgehead atoms. The second kappa shape index (κ2) is 8.35. The van der Waals surface area contributed by atoms with Crippen molar-refractivity contribution < 1.29 is 9.53 Å². The smallest absolute Gasteiger partial charge is 0.269 e. The highest BCUT2D eigenvalue weighted by Gasteiger charge is 2.25. The number of hydrogen-bond acceptors (Lipinski definition) is 5. The number of amides is 1. The molecule has 0 unspecified atom stereocenters. The number of nitrogens with zero attached hydrogens (tertiary/aromatic N) is 1. The lowest BCUT2D eigenvalue weighted by molar-refractivity contribution is -0.119. The summed E-state index contributed by atoms with van der Waals surface area (Å²) in [5.41, 5.74) is 6.31. The van der Waals surface area contributed by atoms with E-state index in [2.05, 4.69) is 16.2 Å². The Labute approximate surface area is 161 Å². The second-order valence-corrected chi connectivity index (χ2v) is 6.98. The maximum atomic E-state index is 12.2. The molecule has 1 amide bonds. The van der Waals surface area contributed by atoms with Gasteiger partial charge in [0.1, 0.15) is 22.7 Å². The number of carbonyl (C=O) groups excluding carboxylic acids is 1. The zero-order valence-electron chi connectivity index (χ0n) is 13.9. The van der Waals surface area contributed by atoms with Gasteiger partial charge >= 0.3 is 0 Å². The van der Waals surface area contributed by atoms with Crippen molar-refractivity contribution in [1.29, 1.82) is 5.26 Å². The molecule has 2 aliphatic rings. The average molecular weight is 393 g/mol. The van der Waals surface area contributed by atoms with Gasteiger partial charge in [-0.05, 0) is 50.0 Å². The third kappa shape index (κ3) is 4.63. The number of halogens is 2. The van der Waals surface area contributed by atoms with Crippen molar-refractivity contribution in [2.45, 2.75) is 37.8 Å². The molecule has 1 aliphatic carbocycles. The first-order chi connectivity index (χ1) is 12.5. The van der Waals surface area contributed by atoms with E-state index in [1.165, 1.54) is 0 Å². The van der Waals surface area contributed by atoms with Gasteiger partial charge in [-0.15, -0.1) is 0 Å². The van der Waals surface area contributed by atoms with Crippen LogP contribution in [-0.4, -0.2) is 18.1 Å². The number of ether oxygens (including phenoxy) is 1. The van der Waals surface area contributed by atoms with Crippen molar-refractivity contribution >= 4 is 29.1 Å². The molecule has 0 spiro atoms. The van der Waals surface area contributed by atoms with Crippen LogP contribution >= 0.6 is 23.2 Å². The Morgan fingerprint density at radius 3 is 2.58 bits per heavy atom. The van der Waals surface area contributed by atoms with Gasteiger partial charge in [-0.25, -0.2) is 0 Å². The molecule has 1 aliphatic heterocycles. The van der Waals surface area contributed by atoms with Crippen LogP contribution in [0.3, 0.4) is 0 Å². The van der Waals surface area contributed by atoms with Crippen LogP contribution in [0.2, 0.25) is 5.02 Å². The lowest BCUT2D eigenvalue weighted by Gasteiger charge is -2.30. The standard InChI is InChI=1S/C18H18Cl2N4O2/c19-15-9-14(4-1-11(15)10-21)26-13-5-2-12(3-6-13)22-18(25)16-7-8-17(20)24-23-16/h1,4,7-9,12-13,23-24H,2-3,5-6H2,(H,22,25). The first-order valence-corrected chi connectivity index (χ1v) is 9.07. The van der Waals surface area contributed by atoms with E-state index >= 15 is 0 Å². The van der Waals surface area contributed by atoms with Gasteiger partial charge in [0.15, 0.2) is 0 Å². The molecule has 0 saturated heterocycles. The van der Waals surface area contributed by atoms with Crippen molar-refractivity contribution in [3.63, 3.8) is 0 Å². The van der Waals surface area contributed by atoms with Gasteiger partial charge < -0.3 is 10.1 Å². The number of nitriles is 1. The van der Waals surface area contributed by atoms with E-state index in [4.69, 9.17) is 33.2 Å². The molecule has 1 fully saturated rings. The minimum Gasteiger partial charge on any atom is -0.490 e. The van der Waals surface area contributed by atoms with Crippen molar-refractivity contribution in [3.05, 3.63) is 51.8 Å². The minimum atomic E-state index is -0.166. The van der Waals surface area contributed by atoms with Crippen LogP contribution < -0.4 is 20.9 Å². The molecule has 26 heavy (non-hydrogen) atoms. The summed E-state index contributed by atoms with van der Waals surface area (Å²) >= 11 is 11.8. The van der Waals surface area contributed by atoms with Gasteiger partial charge in [0, 0.05) is 12.1 Å². The molecule has 136 valence electrons. The molecular formula is C18H18Cl2N4O2. The number of hydrogen-bond donors (Lipinski definition) is 3. The van der Waals surface area contributed by atoms with Gasteiger partial charge in [0.05, 0.1) is 16.7 Å². The number of hydrazine groups is 1. The fourth-order valence-corrected chi connectivity index (χ4v) is 3.26. The van der Waals surface area contributed by atoms with E-state index in [1.54, 1.807) is 30.4 Å². The number of rotatable bonds is 4. The zero-order valence-corrected chi connectivity index (χ0v) is 15.4. The lowest BCUT2D eigenvalue weighted by atomic mass is 9.92. The molecule has 3 N–H and O–H groups in total. The van der Waals surface area contributed by atoms with Crippen LogP contribution in [0.4, 0.5) is 0 Å². The lowest BCUT2D eigenvalue weighted by Crippen LogP contribution is -2.45. The monoisotopic (exact) mass is 392 g/mol. The van der Waals surface area contributed by atoms with Crippen molar-refractivity contribution in [3.8, 4) is 11.8 Å². The molecule has 0 radical (unpaired) electrons. The summed E-state index contributed by atoms with van der Waals surface area (Å²) < 4.78 is 5.95. The molecule has 1 heterocycles. The molecule has 1 aromatic carbocycles. The number of allylic oxidation sites excluding steroid dienone is 2. The molecule has 1 aromatic rings. The maximum Gasteiger partial charge on any atom is 0.269 e. The maximum absolute atomic E-state index is 12.2. The van der Waals surface area contributed by atoms with E-state index in [-0.39, 0.29) is 18.1 Å². The molecule has 8 heteroatoms. The van der Waals surface area contributed by atoms with Crippen LogP contribution in [0.5, 0.6) is 5.75 Å². The Balaban J connectivity index is 1.48. The first-order valence-electron chi connectivity index (χ1n) is 8.32. The Bertz CT molecular complexity index is 793. The zero-order chi connectivity index (χ0) is 18.5. The summed E-state index contributed by atoms with van der Waals surface area (Å²) in [4.78, 5) is 12.2. The van der Waals surface area contributed by atoms with Crippen LogP contribution in [0.1, 0.15) is 31.2 Å². The van der Waals surface area contributed by atoms with Crippen molar-refractivity contribution in [2.75, 3.05) is 0 Å². The van der Waals surface area contributed by atoms with Gasteiger partial charge in [-0.3, -0.25) is 15.6 Å². The highest BCUT2D eigenvalue weighted by Crippen LogP contribution is 2.27. The van der Waals surface area contributed by atoms with Crippen LogP contribution in [-0.2, 0) is 4.79 Å². The minimum absolute atomic E-state index is 0.0718. The highest BCUT2D eigenvalue weighted by atomic mass is 35.5. The quantitative estimate of drug-likeness (QED) is 0.685. The van der Waals surface area contributed by atoms with E-state index in [0.29, 0.717) is 27.2 Å². The summed E-state index contributed by atoms with van der Waals surface area (Å²) in [6.45, 7) is 0. The molecule has 1 saturated carbocycles. The van der Waals surface area contributed by atoms with Crippen molar-refractivity contribution in [1.82, 2.24) is 16.2 Å². The summed E-state index contributed by atoms with van der Waals surface area (Å²) in [6, 6.07) is 7.21. The van der Waals surface area contributed by atoms with Gasteiger partial charge in [-0.2, -0.15) is 5.26 Å². The van der Waals surface area contributed by atoms with Crippen LogP contribution in [0.15, 0.2) is 41.2 Å². The second-order valence-electron chi connectivity index (χ2n) is 6.16. The van der Waals surface area contributed by atoms with Crippen LogP contribution in [0.25, 0.3) is 0 Å². The Morgan fingerprint density at radius 1 is 1.19 bits per heavy atom. The van der Waals surface area contributed by atoms with Crippen molar-refractivity contribution in [2.24, 2.45) is 0 Å². The predicted molar refractivity (Wildman–Crippen MR) is 99.3 cm³/mol. The third-order valence-corrected chi connectivity index (χ3v) is 4.86. The van der Waals surface area contributed by atoms with Gasteiger partial charge in [-0.1, -0.05) is 23.2 Å². The number of carbonyl (C=O) groups is 1.